The maximum absolute atomic E-state index is 9.50. The lowest BCUT2D eigenvalue weighted by Crippen LogP contribution is -2.50. The third kappa shape index (κ3) is 2.83. The Balaban J connectivity index is 2.04. The lowest BCUT2D eigenvalue weighted by molar-refractivity contribution is 0.160. The van der Waals surface area contributed by atoms with Gasteiger partial charge in [-0.25, -0.2) is 0 Å². The van der Waals surface area contributed by atoms with Gasteiger partial charge in [-0.1, -0.05) is 18.2 Å². The lowest BCUT2D eigenvalue weighted by atomic mass is 9.88. The lowest BCUT2D eigenvalue weighted by Gasteiger charge is -2.40. The highest BCUT2D eigenvalue weighted by Crippen LogP contribution is 2.27. The zero-order valence-electron chi connectivity index (χ0n) is 11.2. The second-order valence-corrected chi connectivity index (χ2v) is 5.31. The Morgan fingerprint density at radius 2 is 1.83 bits per heavy atom. The van der Waals surface area contributed by atoms with E-state index in [2.05, 4.69) is 30.1 Å². The van der Waals surface area contributed by atoms with Crippen molar-refractivity contribution in [3.05, 3.63) is 30.3 Å². The Labute approximate surface area is 109 Å². The van der Waals surface area contributed by atoms with E-state index in [1.807, 2.05) is 30.3 Å². The molecule has 0 radical (unpaired) electrons. The van der Waals surface area contributed by atoms with Crippen molar-refractivity contribution >= 4 is 5.69 Å². The van der Waals surface area contributed by atoms with Crippen LogP contribution in [0.5, 0.6) is 0 Å². The minimum absolute atomic E-state index is 0.396. The van der Waals surface area contributed by atoms with Gasteiger partial charge in [-0.05, 0) is 38.8 Å². The summed E-state index contributed by atoms with van der Waals surface area (Å²) in [7, 11) is 0. The SMILES string of the molecule is CC(C)N1CCC(C#N)(Nc2ccccc2)CC1. The van der Waals surface area contributed by atoms with Crippen LogP contribution in [0, 0.1) is 11.3 Å². The summed E-state index contributed by atoms with van der Waals surface area (Å²) in [5.41, 5.74) is 0.643. The summed E-state index contributed by atoms with van der Waals surface area (Å²) < 4.78 is 0. The van der Waals surface area contributed by atoms with Crippen LogP contribution >= 0.6 is 0 Å². The molecule has 1 aromatic rings. The fourth-order valence-corrected chi connectivity index (χ4v) is 2.48. The number of likely N-dealkylation sites (tertiary alicyclic amines) is 1. The summed E-state index contributed by atoms with van der Waals surface area (Å²) in [6.07, 6.45) is 1.77. The van der Waals surface area contributed by atoms with E-state index in [0.29, 0.717) is 6.04 Å². The Bertz CT molecular complexity index is 411. The minimum Gasteiger partial charge on any atom is -0.367 e. The van der Waals surface area contributed by atoms with Crippen molar-refractivity contribution < 1.29 is 0 Å². The monoisotopic (exact) mass is 243 g/mol. The topological polar surface area (TPSA) is 39.1 Å². The van der Waals surface area contributed by atoms with Crippen molar-refractivity contribution in [3.63, 3.8) is 0 Å². The van der Waals surface area contributed by atoms with E-state index in [4.69, 9.17) is 0 Å². The first-order valence-corrected chi connectivity index (χ1v) is 6.64. The highest BCUT2D eigenvalue weighted by Gasteiger charge is 2.35. The number of hydrogen-bond donors (Lipinski definition) is 1. The van der Waals surface area contributed by atoms with Gasteiger partial charge >= 0.3 is 0 Å². The number of anilines is 1. The maximum atomic E-state index is 9.50. The van der Waals surface area contributed by atoms with E-state index in [1.54, 1.807) is 0 Å². The van der Waals surface area contributed by atoms with Crippen molar-refractivity contribution in [1.29, 1.82) is 5.26 Å². The van der Waals surface area contributed by atoms with Crippen LogP contribution in [-0.2, 0) is 0 Å². The average Bonchev–Trinajstić information content (AvgIpc) is 2.40. The molecule has 1 N–H and O–H groups in total. The number of para-hydroxylation sites is 1. The van der Waals surface area contributed by atoms with Gasteiger partial charge in [-0.2, -0.15) is 5.26 Å². The van der Waals surface area contributed by atoms with Crippen LogP contribution < -0.4 is 5.32 Å². The number of nitrogens with one attached hydrogen (secondary N) is 1. The van der Waals surface area contributed by atoms with Crippen LogP contribution in [-0.4, -0.2) is 29.6 Å². The number of hydrogen-bond acceptors (Lipinski definition) is 3. The highest BCUT2D eigenvalue weighted by atomic mass is 15.2. The molecule has 96 valence electrons. The van der Waals surface area contributed by atoms with Gasteiger partial charge in [-0.3, -0.25) is 0 Å². The molecule has 0 aromatic heterocycles. The standard InChI is InChI=1S/C15H21N3/c1-13(2)18-10-8-15(12-16,9-11-18)17-14-6-4-3-5-7-14/h3-7,13,17H,8-11H2,1-2H3. The summed E-state index contributed by atoms with van der Waals surface area (Å²) in [6.45, 7) is 6.41. The number of nitrogens with zero attached hydrogens (tertiary/aromatic N) is 2. The van der Waals surface area contributed by atoms with Gasteiger partial charge in [-0.15, -0.1) is 0 Å². The third-order valence-electron chi connectivity index (χ3n) is 3.75. The Morgan fingerprint density at radius 3 is 2.33 bits per heavy atom. The predicted octanol–water partition coefficient (Wildman–Crippen LogP) is 2.87. The van der Waals surface area contributed by atoms with Crippen LogP contribution in [0.15, 0.2) is 30.3 Å². The molecule has 0 unspecified atom stereocenters. The van der Waals surface area contributed by atoms with E-state index in [-0.39, 0.29) is 0 Å². The van der Waals surface area contributed by atoms with Gasteiger partial charge < -0.3 is 10.2 Å². The van der Waals surface area contributed by atoms with Gasteiger partial charge in [0.25, 0.3) is 0 Å². The van der Waals surface area contributed by atoms with Crippen molar-refractivity contribution in [2.45, 2.75) is 38.3 Å². The second kappa shape index (κ2) is 5.41. The fraction of sp³-hybridized carbons (Fsp3) is 0.533. The largest absolute Gasteiger partial charge is 0.367 e. The Hall–Kier alpha value is -1.53. The molecule has 0 amide bonds. The molecule has 1 aliphatic rings. The summed E-state index contributed by atoms with van der Waals surface area (Å²) in [6, 6.07) is 13.1. The van der Waals surface area contributed by atoms with E-state index < -0.39 is 5.54 Å². The predicted molar refractivity (Wildman–Crippen MR) is 74.4 cm³/mol. The molecule has 0 aliphatic carbocycles. The highest BCUT2D eigenvalue weighted by molar-refractivity contribution is 5.47. The normalized spacial score (nSPS) is 19.4. The minimum atomic E-state index is -0.396. The van der Waals surface area contributed by atoms with Gasteiger partial charge in [0.1, 0.15) is 5.54 Å². The summed E-state index contributed by atoms with van der Waals surface area (Å²) in [5, 5.41) is 12.9. The molecule has 0 bridgehead atoms. The molecule has 1 aromatic carbocycles. The molecule has 3 heteroatoms. The summed E-state index contributed by atoms with van der Waals surface area (Å²) in [5.74, 6) is 0. The number of piperidine rings is 1. The average molecular weight is 243 g/mol. The molecule has 3 nitrogen and oxygen atoms in total. The quantitative estimate of drug-likeness (QED) is 0.887. The van der Waals surface area contributed by atoms with E-state index in [0.717, 1.165) is 31.6 Å². The molecular formula is C15H21N3. The second-order valence-electron chi connectivity index (χ2n) is 5.31. The molecule has 1 fully saturated rings. The molecule has 0 saturated carbocycles. The van der Waals surface area contributed by atoms with Crippen LogP contribution in [0.4, 0.5) is 5.69 Å². The van der Waals surface area contributed by atoms with Crippen molar-refractivity contribution in [1.82, 2.24) is 4.90 Å². The maximum Gasteiger partial charge on any atom is 0.127 e. The molecule has 0 spiro atoms. The molecule has 18 heavy (non-hydrogen) atoms. The zero-order chi connectivity index (χ0) is 13.0. The van der Waals surface area contributed by atoms with E-state index >= 15 is 0 Å². The molecule has 1 saturated heterocycles. The van der Waals surface area contributed by atoms with Gasteiger partial charge in [0, 0.05) is 24.8 Å². The van der Waals surface area contributed by atoms with Crippen molar-refractivity contribution in [2.24, 2.45) is 0 Å². The van der Waals surface area contributed by atoms with Crippen LogP contribution in [0.1, 0.15) is 26.7 Å². The summed E-state index contributed by atoms with van der Waals surface area (Å²) >= 11 is 0. The molecule has 0 atom stereocenters. The van der Waals surface area contributed by atoms with E-state index in [1.165, 1.54) is 0 Å². The Kier molecular flexibility index (Phi) is 3.88. The molecular weight excluding hydrogens is 222 g/mol. The number of rotatable bonds is 3. The smallest absolute Gasteiger partial charge is 0.127 e. The first kappa shape index (κ1) is 12.9. The molecule has 2 rings (SSSR count). The third-order valence-corrected chi connectivity index (χ3v) is 3.75. The first-order valence-electron chi connectivity index (χ1n) is 6.64. The van der Waals surface area contributed by atoms with Gasteiger partial charge in [0.05, 0.1) is 6.07 Å². The van der Waals surface area contributed by atoms with E-state index in [9.17, 15) is 5.26 Å². The van der Waals surface area contributed by atoms with Crippen LogP contribution in [0.25, 0.3) is 0 Å². The van der Waals surface area contributed by atoms with Crippen LogP contribution in [0.3, 0.4) is 0 Å². The fourth-order valence-electron chi connectivity index (χ4n) is 2.48. The number of nitriles is 1. The van der Waals surface area contributed by atoms with Gasteiger partial charge in [0.2, 0.25) is 0 Å². The van der Waals surface area contributed by atoms with Crippen molar-refractivity contribution in [2.75, 3.05) is 18.4 Å². The number of benzene rings is 1. The molecule has 1 aliphatic heterocycles. The zero-order valence-corrected chi connectivity index (χ0v) is 11.2. The Morgan fingerprint density at radius 1 is 1.22 bits per heavy atom. The van der Waals surface area contributed by atoms with Gasteiger partial charge in [0.15, 0.2) is 0 Å². The van der Waals surface area contributed by atoms with Crippen LogP contribution in [0.2, 0.25) is 0 Å². The van der Waals surface area contributed by atoms with Crippen molar-refractivity contribution in [3.8, 4) is 6.07 Å². The molecule has 1 heterocycles. The summed E-state index contributed by atoms with van der Waals surface area (Å²) in [4.78, 5) is 2.43. The first-order chi connectivity index (χ1) is 8.65.